The summed E-state index contributed by atoms with van der Waals surface area (Å²) in [6.45, 7) is 3.90. The zero-order chi connectivity index (χ0) is 12.2. The van der Waals surface area contributed by atoms with Gasteiger partial charge in [0, 0.05) is 7.11 Å². The fourth-order valence-corrected chi connectivity index (χ4v) is 1.59. The second kappa shape index (κ2) is 5.32. The normalized spacial score (nSPS) is 16.6. The molecule has 0 heterocycles. The Labute approximate surface area is 97.0 Å². The van der Waals surface area contributed by atoms with Crippen molar-refractivity contribution in [2.45, 2.75) is 32.0 Å². The molecule has 0 spiro atoms. The fraction of sp³-hybridized carbons (Fsp3) is 0.538. The van der Waals surface area contributed by atoms with E-state index in [-0.39, 0.29) is 0 Å². The minimum absolute atomic E-state index is 0.547. The summed E-state index contributed by atoms with van der Waals surface area (Å²) in [6.07, 6.45) is 0.116. The number of rotatable bonds is 5. The first-order valence-corrected chi connectivity index (χ1v) is 5.44. The van der Waals surface area contributed by atoms with Crippen molar-refractivity contribution >= 4 is 0 Å². The van der Waals surface area contributed by atoms with Crippen LogP contribution < -0.4 is 4.74 Å². The summed E-state index contributed by atoms with van der Waals surface area (Å²) in [4.78, 5) is 0. The van der Waals surface area contributed by atoms with E-state index in [0.29, 0.717) is 0 Å². The van der Waals surface area contributed by atoms with E-state index in [9.17, 15) is 5.11 Å². The van der Waals surface area contributed by atoms with Crippen LogP contribution in [-0.4, -0.2) is 24.9 Å². The molecule has 1 aromatic carbocycles. The zero-order valence-corrected chi connectivity index (χ0v) is 10.4. The highest BCUT2D eigenvalue weighted by atomic mass is 16.5. The number of methoxy groups -OCH3 is 2. The van der Waals surface area contributed by atoms with Crippen LogP contribution in [-0.2, 0) is 4.74 Å². The van der Waals surface area contributed by atoms with E-state index in [1.165, 1.54) is 0 Å². The Hall–Kier alpha value is -1.06. The van der Waals surface area contributed by atoms with Crippen LogP contribution in [0.4, 0.5) is 0 Å². The third kappa shape index (κ3) is 2.54. The molecule has 2 unspecified atom stereocenters. The SMILES string of the molecule is CCC(C)(OC)C(O)c1ccc(OC)cc1. The summed E-state index contributed by atoms with van der Waals surface area (Å²) in [5, 5.41) is 10.2. The Kier molecular flexibility index (Phi) is 4.33. The third-order valence-electron chi connectivity index (χ3n) is 3.18. The average molecular weight is 224 g/mol. The second-order valence-electron chi connectivity index (χ2n) is 4.05. The number of ether oxygens (including phenoxy) is 2. The Bertz CT molecular complexity index is 314. The van der Waals surface area contributed by atoms with Crippen molar-refractivity contribution in [2.24, 2.45) is 0 Å². The second-order valence-corrected chi connectivity index (χ2v) is 4.05. The van der Waals surface area contributed by atoms with Gasteiger partial charge in [0.1, 0.15) is 11.9 Å². The molecule has 0 radical (unpaired) electrons. The zero-order valence-electron chi connectivity index (χ0n) is 10.4. The van der Waals surface area contributed by atoms with Gasteiger partial charge in [0.15, 0.2) is 0 Å². The van der Waals surface area contributed by atoms with E-state index in [1.54, 1.807) is 14.2 Å². The molecule has 0 fully saturated rings. The average Bonchev–Trinajstić information content (AvgIpc) is 2.37. The summed E-state index contributed by atoms with van der Waals surface area (Å²) in [6, 6.07) is 7.39. The molecule has 1 N–H and O–H groups in total. The molecule has 0 aromatic heterocycles. The number of benzene rings is 1. The molecule has 0 saturated heterocycles. The first kappa shape index (κ1) is 13.0. The molecule has 2 atom stereocenters. The van der Waals surface area contributed by atoms with E-state index in [1.807, 2.05) is 38.1 Å². The van der Waals surface area contributed by atoms with E-state index >= 15 is 0 Å². The van der Waals surface area contributed by atoms with E-state index in [0.717, 1.165) is 17.7 Å². The molecule has 0 bridgehead atoms. The summed E-state index contributed by atoms with van der Waals surface area (Å²) in [5.41, 5.74) is 0.293. The molecule has 0 saturated carbocycles. The van der Waals surface area contributed by atoms with Gasteiger partial charge in [0.2, 0.25) is 0 Å². The van der Waals surface area contributed by atoms with Crippen LogP contribution in [0.15, 0.2) is 24.3 Å². The number of hydrogen-bond donors (Lipinski definition) is 1. The van der Waals surface area contributed by atoms with E-state index in [4.69, 9.17) is 9.47 Å². The van der Waals surface area contributed by atoms with Gasteiger partial charge >= 0.3 is 0 Å². The first-order chi connectivity index (χ1) is 7.57. The van der Waals surface area contributed by atoms with Gasteiger partial charge in [-0.2, -0.15) is 0 Å². The number of aliphatic hydroxyl groups excluding tert-OH is 1. The summed E-state index contributed by atoms with van der Waals surface area (Å²) in [5.74, 6) is 0.784. The smallest absolute Gasteiger partial charge is 0.118 e. The van der Waals surface area contributed by atoms with Gasteiger partial charge in [-0.25, -0.2) is 0 Å². The highest BCUT2D eigenvalue weighted by Gasteiger charge is 2.32. The number of aliphatic hydroxyl groups is 1. The molecule has 90 valence electrons. The quantitative estimate of drug-likeness (QED) is 0.835. The molecule has 3 heteroatoms. The highest BCUT2D eigenvalue weighted by Crippen LogP contribution is 2.32. The minimum Gasteiger partial charge on any atom is -0.497 e. The van der Waals surface area contributed by atoms with Gasteiger partial charge in [-0.05, 0) is 31.0 Å². The Balaban J connectivity index is 2.90. The van der Waals surface area contributed by atoms with Crippen molar-refractivity contribution in [3.8, 4) is 5.75 Å². The molecule has 16 heavy (non-hydrogen) atoms. The summed E-state index contributed by atoms with van der Waals surface area (Å²) in [7, 11) is 3.24. The predicted molar refractivity (Wildman–Crippen MR) is 63.7 cm³/mol. The molecule has 1 aromatic rings. The standard InChI is InChI=1S/C13H20O3/c1-5-13(2,16-4)12(14)10-6-8-11(15-3)9-7-10/h6-9,12,14H,5H2,1-4H3. The topological polar surface area (TPSA) is 38.7 Å². The monoisotopic (exact) mass is 224 g/mol. The fourth-order valence-electron chi connectivity index (χ4n) is 1.59. The van der Waals surface area contributed by atoms with Gasteiger partial charge in [-0.1, -0.05) is 19.1 Å². The number of hydrogen-bond acceptors (Lipinski definition) is 3. The lowest BCUT2D eigenvalue weighted by molar-refractivity contribution is -0.0944. The van der Waals surface area contributed by atoms with Gasteiger partial charge in [-0.15, -0.1) is 0 Å². The highest BCUT2D eigenvalue weighted by molar-refractivity contribution is 5.29. The van der Waals surface area contributed by atoms with Crippen molar-refractivity contribution in [3.63, 3.8) is 0 Å². The third-order valence-corrected chi connectivity index (χ3v) is 3.18. The van der Waals surface area contributed by atoms with Crippen molar-refractivity contribution in [1.82, 2.24) is 0 Å². The van der Waals surface area contributed by atoms with Crippen LogP contribution in [0.3, 0.4) is 0 Å². The Morgan fingerprint density at radius 1 is 1.25 bits per heavy atom. The van der Waals surface area contributed by atoms with Gasteiger partial charge in [0.05, 0.1) is 12.7 Å². The maximum atomic E-state index is 10.2. The van der Waals surface area contributed by atoms with Crippen LogP contribution in [0.2, 0.25) is 0 Å². The van der Waals surface area contributed by atoms with Gasteiger partial charge in [-0.3, -0.25) is 0 Å². The largest absolute Gasteiger partial charge is 0.497 e. The van der Waals surface area contributed by atoms with E-state index in [2.05, 4.69) is 0 Å². The molecule has 3 nitrogen and oxygen atoms in total. The van der Waals surface area contributed by atoms with Crippen LogP contribution in [0.1, 0.15) is 31.9 Å². The lowest BCUT2D eigenvalue weighted by Gasteiger charge is -2.32. The molecular weight excluding hydrogens is 204 g/mol. The molecule has 0 aliphatic rings. The molecule has 0 amide bonds. The van der Waals surface area contributed by atoms with Crippen LogP contribution in [0.25, 0.3) is 0 Å². The molecule has 0 aliphatic heterocycles. The van der Waals surface area contributed by atoms with Crippen molar-refractivity contribution in [2.75, 3.05) is 14.2 Å². The first-order valence-electron chi connectivity index (χ1n) is 5.44. The predicted octanol–water partition coefficient (Wildman–Crippen LogP) is 2.54. The lowest BCUT2D eigenvalue weighted by Crippen LogP contribution is -2.34. The maximum absolute atomic E-state index is 10.2. The Morgan fingerprint density at radius 3 is 2.19 bits per heavy atom. The Morgan fingerprint density at radius 2 is 1.81 bits per heavy atom. The van der Waals surface area contributed by atoms with Gasteiger partial charge < -0.3 is 14.6 Å². The van der Waals surface area contributed by atoms with Crippen molar-refractivity contribution in [3.05, 3.63) is 29.8 Å². The molecule has 1 rings (SSSR count). The van der Waals surface area contributed by atoms with Crippen LogP contribution in [0, 0.1) is 0 Å². The minimum atomic E-state index is -0.631. The van der Waals surface area contributed by atoms with Crippen LogP contribution in [0.5, 0.6) is 5.75 Å². The van der Waals surface area contributed by atoms with E-state index < -0.39 is 11.7 Å². The van der Waals surface area contributed by atoms with Crippen LogP contribution >= 0.6 is 0 Å². The molecular formula is C13H20O3. The maximum Gasteiger partial charge on any atom is 0.118 e. The van der Waals surface area contributed by atoms with Crippen molar-refractivity contribution < 1.29 is 14.6 Å². The summed E-state index contributed by atoms with van der Waals surface area (Å²) >= 11 is 0. The van der Waals surface area contributed by atoms with Crippen molar-refractivity contribution in [1.29, 1.82) is 0 Å². The summed E-state index contributed by atoms with van der Waals surface area (Å²) < 4.78 is 10.5. The lowest BCUT2D eigenvalue weighted by atomic mass is 9.90. The van der Waals surface area contributed by atoms with Gasteiger partial charge in [0.25, 0.3) is 0 Å². The molecule has 0 aliphatic carbocycles.